The number of benzene rings is 1. The van der Waals surface area contributed by atoms with E-state index in [1.165, 1.54) is 11.3 Å². The first-order valence-corrected chi connectivity index (χ1v) is 10.7. The van der Waals surface area contributed by atoms with E-state index < -0.39 is 0 Å². The van der Waals surface area contributed by atoms with Crippen molar-refractivity contribution in [2.75, 3.05) is 33.9 Å². The van der Waals surface area contributed by atoms with Crippen molar-refractivity contribution < 1.29 is 19.1 Å². The average molecular weight is 418 g/mol. The number of carbonyl (C=O) groups is 2. The highest BCUT2D eigenvalue weighted by molar-refractivity contribution is 7.13. The van der Waals surface area contributed by atoms with Crippen LogP contribution in [0.2, 0.25) is 0 Å². The molecule has 0 aliphatic carbocycles. The van der Waals surface area contributed by atoms with Crippen LogP contribution >= 0.6 is 11.3 Å². The van der Waals surface area contributed by atoms with Crippen LogP contribution in [-0.2, 0) is 16.0 Å². The van der Waals surface area contributed by atoms with E-state index in [-0.39, 0.29) is 18.2 Å². The minimum absolute atomic E-state index is 0.0866. The van der Waals surface area contributed by atoms with Crippen LogP contribution in [0.25, 0.3) is 10.6 Å². The maximum atomic E-state index is 12.2. The highest BCUT2D eigenvalue weighted by atomic mass is 32.1. The van der Waals surface area contributed by atoms with Gasteiger partial charge in [-0.3, -0.25) is 9.59 Å². The number of hydrogen-bond acceptors (Lipinski definition) is 6. The summed E-state index contributed by atoms with van der Waals surface area (Å²) < 4.78 is 10.6. The largest absolute Gasteiger partial charge is 0.493 e. The van der Waals surface area contributed by atoms with Crippen LogP contribution in [0.15, 0.2) is 23.6 Å². The van der Waals surface area contributed by atoms with E-state index in [0.717, 1.165) is 42.1 Å². The second-order valence-electron chi connectivity index (χ2n) is 6.93. The lowest BCUT2D eigenvalue weighted by Crippen LogP contribution is -2.38. The van der Waals surface area contributed by atoms with Crippen molar-refractivity contribution in [1.82, 2.24) is 15.2 Å². The number of hydrogen-bond donors (Lipinski definition) is 1. The maximum Gasteiger partial charge on any atom is 0.226 e. The van der Waals surface area contributed by atoms with Gasteiger partial charge in [0.15, 0.2) is 11.5 Å². The number of rotatable bonds is 8. The van der Waals surface area contributed by atoms with Crippen LogP contribution in [0.4, 0.5) is 0 Å². The van der Waals surface area contributed by atoms with Gasteiger partial charge >= 0.3 is 0 Å². The first kappa shape index (κ1) is 21.1. The van der Waals surface area contributed by atoms with Crippen LogP contribution in [0.3, 0.4) is 0 Å². The molecule has 2 amide bonds. The third kappa shape index (κ3) is 5.69. The molecular formula is C21H27N3O4S. The standard InChI is InChI=1S/C21H27N3O4S/c1-27-17-8-7-15(12-18(17)28-2)21-23-16(14-29-21)13-19(25)22-9-11-24-10-5-3-4-6-20(24)26/h7-8,12,14H,3-6,9-11,13H2,1-2H3,(H,22,25). The molecule has 2 heterocycles. The number of thiazole rings is 1. The molecule has 1 aliphatic heterocycles. The van der Waals surface area contributed by atoms with Crippen LogP contribution in [0, 0.1) is 0 Å². The number of ether oxygens (including phenoxy) is 2. The van der Waals surface area contributed by atoms with Crippen molar-refractivity contribution >= 4 is 23.2 Å². The minimum atomic E-state index is -0.0866. The Morgan fingerprint density at radius 2 is 2.03 bits per heavy atom. The zero-order valence-electron chi connectivity index (χ0n) is 16.9. The summed E-state index contributed by atoms with van der Waals surface area (Å²) in [6.07, 6.45) is 3.94. The van der Waals surface area contributed by atoms with E-state index >= 15 is 0 Å². The van der Waals surface area contributed by atoms with Gasteiger partial charge in [0.2, 0.25) is 11.8 Å². The molecule has 7 nitrogen and oxygen atoms in total. The molecule has 156 valence electrons. The predicted molar refractivity (Wildman–Crippen MR) is 112 cm³/mol. The summed E-state index contributed by atoms with van der Waals surface area (Å²) in [6.45, 7) is 1.82. The number of carbonyl (C=O) groups excluding carboxylic acids is 2. The molecule has 29 heavy (non-hydrogen) atoms. The molecular weight excluding hydrogens is 390 g/mol. The third-order valence-electron chi connectivity index (χ3n) is 4.90. The summed E-state index contributed by atoms with van der Waals surface area (Å²) in [6, 6.07) is 5.63. The Kier molecular flexibility index (Phi) is 7.46. The molecule has 0 radical (unpaired) electrons. The number of nitrogens with zero attached hydrogens (tertiary/aromatic N) is 2. The van der Waals surface area contributed by atoms with Crippen molar-refractivity contribution in [2.24, 2.45) is 0 Å². The average Bonchev–Trinajstić information content (AvgIpc) is 3.09. The summed E-state index contributed by atoms with van der Waals surface area (Å²) >= 11 is 1.49. The fraction of sp³-hybridized carbons (Fsp3) is 0.476. The third-order valence-corrected chi connectivity index (χ3v) is 5.84. The number of likely N-dealkylation sites (tertiary alicyclic amines) is 1. The predicted octanol–water partition coefficient (Wildman–Crippen LogP) is 2.89. The van der Waals surface area contributed by atoms with Crippen molar-refractivity contribution in [2.45, 2.75) is 32.1 Å². The Bertz CT molecular complexity index is 852. The Hall–Kier alpha value is -2.61. The van der Waals surface area contributed by atoms with Crippen LogP contribution in [0.1, 0.15) is 31.4 Å². The molecule has 0 saturated carbocycles. The quantitative estimate of drug-likeness (QED) is 0.714. The number of methoxy groups -OCH3 is 2. The summed E-state index contributed by atoms with van der Waals surface area (Å²) in [5, 5.41) is 5.61. The second-order valence-corrected chi connectivity index (χ2v) is 7.79. The fourth-order valence-corrected chi connectivity index (χ4v) is 4.14. The van der Waals surface area contributed by atoms with Crippen molar-refractivity contribution in [3.8, 4) is 22.1 Å². The lowest BCUT2D eigenvalue weighted by Gasteiger charge is -2.20. The normalized spacial score (nSPS) is 14.4. The van der Waals surface area contributed by atoms with Gasteiger partial charge in [-0.15, -0.1) is 11.3 Å². The molecule has 2 aromatic rings. The molecule has 3 rings (SSSR count). The number of aromatic nitrogens is 1. The molecule has 1 fully saturated rings. The first-order chi connectivity index (χ1) is 14.1. The highest BCUT2D eigenvalue weighted by Gasteiger charge is 2.16. The van der Waals surface area contributed by atoms with E-state index in [1.54, 1.807) is 14.2 Å². The Morgan fingerprint density at radius 1 is 1.21 bits per heavy atom. The van der Waals surface area contributed by atoms with Crippen LogP contribution < -0.4 is 14.8 Å². The van der Waals surface area contributed by atoms with Gasteiger partial charge in [0, 0.05) is 37.0 Å². The van der Waals surface area contributed by atoms with Gasteiger partial charge in [-0.2, -0.15) is 0 Å². The molecule has 1 N–H and O–H groups in total. The zero-order valence-corrected chi connectivity index (χ0v) is 17.7. The van der Waals surface area contributed by atoms with Crippen molar-refractivity contribution in [1.29, 1.82) is 0 Å². The molecule has 1 aliphatic rings. The lowest BCUT2D eigenvalue weighted by atomic mass is 10.2. The molecule has 1 aromatic heterocycles. The first-order valence-electron chi connectivity index (χ1n) is 9.82. The van der Waals surface area contributed by atoms with Gasteiger partial charge in [0.25, 0.3) is 0 Å². The second kappa shape index (κ2) is 10.2. The molecule has 1 aromatic carbocycles. The molecule has 1 saturated heterocycles. The van der Waals surface area contributed by atoms with Crippen LogP contribution in [-0.4, -0.2) is 55.6 Å². The molecule has 0 atom stereocenters. The SMILES string of the molecule is COc1ccc(-c2nc(CC(=O)NCCN3CCCCCC3=O)cs2)cc1OC. The van der Waals surface area contributed by atoms with Gasteiger partial charge < -0.3 is 19.7 Å². The molecule has 8 heteroatoms. The van der Waals surface area contributed by atoms with Gasteiger partial charge in [0.05, 0.1) is 26.3 Å². The molecule has 0 bridgehead atoms. The van der Waals surface area contributed by atoms with E-state index in [9.17, 15) is 9.59 Å². The van der Waals surface area contributed by atoms with Crippen molar-refractivity contribution in [3.05, 3.63) is 29.3 Å². The lowest BCUT2D eigenvalue weighted by molar-refractivity contribution is -0.131. The Balaban J connectivity index is 1.52. The summed E-state index contributed by atoms with van der Waals surface area (Å²) in [5.74, 6) is 1.41. The van der Waals surface area contributed by atoms with Crippen LogP contribution in [0.5, 0.6) is 11.5 Å². The topological polar surface area (TPSA) is 80.8 Å². The monoisotopic (exact) mass is 417 g/mol. The Labute approximate surface area is 175 Å². The zero-order chi connectivity index (χ0) is 20.6. The summed E-state index contributed by atoms with van der Waals surface area (Å²) in [7, 11) is 3.19. The van der Waals surface area contributed by atoms with Gasteiger partial charge in [-0.1, -0.05) is 6.42 Å². The smallest absolute Gasteiger partial charge is 0.226 e. The fourth-order valence-electron chi connectivity index (χ4n) is 3.32. The minimum Gasteiger partial charge on any atom is -0.493 e. The summed E-state index contributed by atoms with van der Waals surface area (Å²) in [5.41, 5.74) is 1.64. The molecule has 0 spiro atoms. The van der Waals surface area contributed by atoms with E-state index in [4.69, 9.17) is 9.47 Å². The number of nitrogens with one attached hydrogen (secondary N) is 1. The van der Waals surface area contributed by atoms with Gasteiger partial charge in [-0.25, -0.2) is 4.98 Å². The Morgan fingerprint density at radius 3 is 2.83 bits per heavy atom. The van der Waals surface area contributed by atoms with Gasteiger partial charge in [-0.05, 0) is 31.0 Å². The maximum absolute atomic E-state index is 12.2. The van der Waals surface area contributed by atoms with E-state index in [2.05, 4.69) is 10.3 Å². The molecule has 0 unspecified atom stereocenters. The highest BCUT2D eigenvalue weighted by Crippen LogP contribution is 2.33. The van der Waals surface area contributed by atoms with Crippen molar-refractivity contribution in [3.63, 3.8) is 0 Å². The van der Waals surface area contributed by atoms with E-state index in [1.807, 2.05) is 28.5 Å². The van der Waals surface area contributed by atoms with E-state index in [0.29, 0.717) is 31.0 Å². The van der Waals surface area contributed by atoms with Gasteiger partial charge in [0.1, 0.15) is 5.01 Å². The number of amides is 2. The summed E-state index contributed by atoms with van der Waals surface area (Å²) in [4.78, 5) is 30.7.